The van der Waals surface area contributed by atoms with Crippen molar-refractivity contribution in [3.05, 3.63) is 24.3 Å². The summed E-state index contributed by atoms with van der Waals surface area (Å²) in [5.74, 6) is 1.27. The monoisotopic (exact) mass is 270 g/mol. The van der Waals surface area contributed by atoms with Crippen molar-refractivity contribution in [2.75, 3.05) is 13.7 Å². The highest BCUT2D eigenvalue weighted by atomic mass is 16.7. The zero-order valence-electron chi connectivity index (χ0n) is 10.6. The van der Waals surface area contributed by atoms with E-state index in [1.807, 2.05) is 0 Å². The van der Waals surface area contributed by atoms with Crippen LogP contribution in [0.15, 0.2) is 24.3 Å². The van der Waals surface area contributed by atoms with Gasteiger partial charge >= 0.3 is 0 Å². The lowest BCUT2D eigenvalue weighted by Crippen LogP contribution is -2.51. The van der Waals surface area contributed by atoms with Crippen LogP contribution < -0.4 is 9.47 Å². The third kappa shape index (κ3) is 3.36. The van der Waals surface area contributed by atoms with Gasteiger partial charge in [0.1, 0.15) is 23.7 Å². The van der Waals surface area contributed by atoms with Gasteiger partial charge in [0.05, 0.1) is 19.8 Å². The van der Waals surface area contributed by atoms with Crippen molar-refractivity contribution in [2.45, 2.75) is 31.0 Å². The van der Waals surface area contributed by atoms with Crippen molar-refractivity contribution in [2.24, 2.45) is 0 Å². The normalized spacial score (nSPS) is 30.9. The molecule has 0 radical (unpaired) electrons. The highest BCUT2D eigenvalue weighted by Gasteiger charge is 2.37. The van der Waals surface area contributed by atoms with Crippen LogP contribution in [0.2, 0.25) is 0 Å². The number of aliphatic hydroxyl groups is 3. The van der Waals surface area contributed by atoms with E-state index in [4.69, 9.17) is 19.3 Å². The number of rotatable bonds is 4. The van der Waals surface area contributed by atoms with Crippen molar-refractivity contribution >= 4 is 0 Å². The molecule has 4 atom stereocenters. The van der Waals surface area contributed by atoms with E-state index >= 15 is 0 Å². The second-order valence-electron chi connectivity index (χ2n) is 4.37. The minimum atomic E-state index is -1.10. The Hall–Kier alpha value is -1.34. The molecule has 0 saturated carbocycles. The van der Waals surface area contributed by atoms with Gasteiger partial charge in [0.15, 0.2) is 0 Å². The number of hydrogen-bond donors (Lipinski definition) is 3. The third-order valence-corrected chi connectivity index (χ3v) is 3.04. The zero-order chi connectivity index (χ0) is 13.8. The summed E-state index contributed by atoms with van der Waals surface area (Å²) in [7, 11) is 1.57. The molecule has 6 nitrogen and oxygen atoms in total. The summed E-state index contributed by atoms with van der Waals surface area (Å²) in [5.41, 5.74) is 0. The van der Waals surface area contributed by atoms with Crippen molar-refractivity contribution in [1.29, 1.82) is 0 Å². The van der Waals surface area contributed by atoms with E-state index in [0.717, 1.165) is 0 Å². The third-order valence-electron chi connectivity index (χ3n) is 3.04. The minimum Gasteiger partial charge on any atom is -0.497 e. The predicted octanol–water partition coefficient (Wildman–Crippen LogP) is -0.0969. The first-order valence-electron chi connectivity index (χ1n) is 6.07. The quantitative estimate of drug-likeness (QED) is 0.708. The summed E-state index contributed by atoms with van der Waals surface area (Å²) in [4.78, 5) is 0. The molecule has 106 valence electrons. The molecule has 3 N–H and O–H groups in total. The SMILES string of the molecule is COc1ccc(O[C@H]2C[C@@H](O)[C@H](O)C(CO)O2)cc1. The highest BCUT2D eigenvalue weighted by molar-refractivity contribution is 5.31. The molecule has 19 heavy (non-hydrogen) atoms. The Balaban J connectivity index is 1.98. The fraction of sp³-hybridized carbons (Fsp3) is 0.538. The van der Waals surface area contributed by atoms with Crippen molar-refractivity contribution in [3.8, 4) is 11.5 Å². The number of ether oxygens (including phenoxy) is 3. The molecule has 1 aliphatic heterocycles. The van der Waals surface area contributed by atoms with Crippen molar-refractivity contribution in [1.82, 2.24) is 0 Å². The van der Waals surface area contributed by atoms with Crippen LogP contribution in [0.1, 0.15) is 6.42 Å². The summed E-state index contributed by atoms with van der Waals surface area (Å²) in [5, 5.41) is 28.3. The molecule has 1 aliphatic rings. The van der Waals surface area contributed by atoms with Crippen LogP contribution in [0.5, 0.6) is 11.5 Å². The Morgan fingerprint density at radius 2 is 1.84 bits per heavy atom. The summed E-state index contributed by atoms with van der Waals surface area (Å²) in [6, 6.07) is 6.92. The molecule has 1 unspecified atom stereocenters. The van der Waals surface area contributed by atoms with Gasteiger partial charge in [-0.2, -0.15) is 0 Å². The van der Waals surface area contributed by atoms with Gasteiger partial charge in [-0.15, -0.1) is 0 Å². The van der Waals surface area contributed by atoms with Crippen LogP contribution in [-0.2, 0) is 4.74 Å². The Morgan fingerprint density at radius 3 is 2.42 bits per heavy atom. The van der Waals surface area contributed by atoms with Crippen LogP contribution in [-0.4, -0.2) is 53.6 Å². The molecular formula is C13H18O6. The lowest BCUT2D eigenvalue weighted by molar-refractivity contribution is -0.229. The highest BCUT2D eigenvalue weighted by Crippen LogP contribution is 2.24. The van der Waals surface area contributed by atoms with E-state index in [1.165, 1.54) is 0 Å². The van der Waals surface area contributed by atoms with E-state index in [-0.39, 0.29) is 13.0 Å². The number of aliphatic hydroxyl groups excluding tert-OH is 3. The zero-order valence-corrected chi connectivity index (χ0v) is 10.6. The first-order valence-corrected chi connectivity index (χ1v) is 6.07. The average Bonchev–Trinajstić information content (AvgIpc) is 2.43. The molecule has 1 saturated heterocycles. The molecular weight excluding hydrogens is 252 g/mol. The van der Waals surface area contributed by atoms with E-state index in [2.05, 4.69) is 0 Å². The largest absolute Gasteiger partial charge is 0.497 e. The molecule has 2 rings (SSSR count). The Morgan fingerprint density at radius 1 is 1.21 bits per heavy atom. The summed E-state index contributed by atoms with van der Waals surface area (Å²) in [6.45, 7) is -0.374. The van der Waals surface area contributed by atoms with Gasteiger partial charge in [0.25, 0.3) is 0 Å². The van der Waals surface area contributed by atoms with Gasteiger partial charge in [-0.05, 0) is 24.3 Å². The van der Waals surface area contributed by atoms with Crippen LogP contribution >= 0.6 is 0 Å². The first-order chi connectivity index (χ1) is 9.13. The summed E-state index contributed by atoms with van der Waals surface area (Å²) in [6.07, 6.45) is -3.48. The van der Waals surface area contributed by atoms with Gasteiger partial charge in [0.2, 0.25) is 6.29 Å². The molecule has 6 heteroatoms. The van der Waals surface area contributed by atoms with E-state index in [0.29, 0.717) is 11.5 Å². The van der Waals surface area contributed by atoms with Crippen LogP contribution in [0.4, 0.5) is 0 Å². The number of methoxy groups -OCH3 is 1. The Labute approximate surface area is 111 Å². The van der Waals surface area contributed by atoms with Gasteiger partial charge in [-0.1, -0.05) is 0 Å². The Kier molecular flexibility index (Phi) is 4.60. The van der Waals surface area contributed by atoms with Crippen LogP contribution in [0.3, 0.4) is 0 Å². The molecule has 1 aromatic carbocycles. The van der Waals surface area contributed by atoms with Crippen molar-refractivity contribution < 1.29 is 29.5 Å². The van der Waals surface area contributed by atoms with E-state index < -0.39 is 24.6 Å². The topological polar surface area (TPSA) is 88.4 Å². The standard InChI is InChI=1S/C13H18O6/c1-17-8-2-4-9(5-3-8)18-12-6-10(15)13(16)11(7-14)19-12/h2-5,10-16H,6-7H2,1H3/t10-,11?,12-,13+/m1/s1. The van der Waals surface area contributed by atoms with Gasteiger partial charge in [-0.25, -0.2) is 0 Å². The van der Waals surface area contributed by atoms with Crippen molar-refractivity contribution in [3.63, 3.8) is 0 Å². The van der Waals surface area contributed by atoms with E-state index in [1.54, 1.807) is 31.4 Å². The fourth-order valence-electron chi connectivity index (χ4n) is 1.95. The van der Waals surface area contributed by atoms with Crippen LogP contribution in [0.25, 0.3) is 0 Å². The number of benzene rings is 1. The molecule has 0 bridgehead atoms. The van der Waals surface area contributed by atoms with Gasteiger partial charge in [-0.3, -0.25) is 0 Å². The summed E-state index contributed by atoms with van der Waals surface area (Å²) < 4.78 is 15.9. The minimum absolute atomic E-state index is 0.143. The fourth-order valence-corrected chi connectivity index (χ4v) is 1.95. The molecule has 0 spiro atoms. The maximum atomic E-state index is 9.67. The molecule has 0 aliphatic carbocycles. The second kappa shape index (κ2) is 6.21. The molecule has 1 heterocycles. The maximum absolute atomic E-state index is 9.67. The average molecular weight is 270 g/mol. The summed E-state index contributed by atoms with van der Waals surface area (Å²) >= 11 is 0. The first kappa shape index (κ1) is 14.1. The van der Waals surface area contributed by atoms with Crippen LogP contribution in [0, 0.1) is 0 Å². The smallest absolute Gasteiger partial charge is 0.202 e. The van der Waals surface area contributed by atoms with E-state index in [9.17, 15) is 10.2 Å². The maximum Gasteiger partial charge on any atom is 0.202 e. The second-order valence-corrected chi connectivity index (χ2v) is 4.37. The predicted molar refractivity (Wildman–Crippen MR) is 66.0 cm³/mol. The number of hydrogen-bond acceptors (Lipinski definition) is 6. The van der Waals surface area contributed by atoms with Gasteiger partial charge in [0, 0.05) is 6.42 Å². The molecule has 1 aromatic rings. The Bertz CT molecular complexity index is 393. The molecule has 1 fully saturated rings. The molecule has 0 aromatic heterocycles. The molecule has 0 amide bonds. The lowest BCUT2D eigenvalue weighted by atomic mass is 10.0. The van der Waals surface area contributed by atoms with Gasteiger partial charge < -0.3 is 29.5 Å². The lowest BCUT2D eigenvalue weighted by Gasteiger charge is -2.36.